The highest BCUT2D eigenvalue weighted by atomic mass is 19.1. The Labute approximate surface area is 152 Å². The number of anilines is 2. The van der Waals surface area contributed by atoms with E-state index in [-0.39, 0.29) is 18.1 Å². The molecule has 2 aromatic carbocycles. The van der Waals surface area contributed by atoms with Gasteiger partial charge in [0.2, 0.25) is 5.91 Å². The number of H-pyrrole nitrogens is 1. The van der Waals surface area contributed by atoms with Crippen LogP contribution in [-0.2, 0) is 17.6 Å². The second-order valence-corrected chi connectivity index (χ2v) is 6.82. The molecule has 0 spiro atoms. The fraction of sp³-hybridized carbons (Fsp3) is 0.286. The van der Waals surface area contributed by atoms with E-state index in [4.69, 9.17) is 0 Å². The SMILES string of the molecule is CCN1CCc2ccc(NC(=O)Cc3c(C)[nH]c4ccc(F)cc34)cc21. The molecular weight excluding hydrogens is 329 g/mol. The summed E-state index contributed by atoms with van der Waals surface area (Å²) in [5.74, 6) is -0.393. The van der Waals surface area contributed by atoms with Crippen LogP contribution in [0.15, 0.2) is 36.4 Å². The number of hydrogen-bond donors (Lipinski definition) is 2. The monoisotopic (exact) mass is 351 g/mol. The summed E-state index contributed by atoms with van der Waals surface area (Å²) in [5, 5.41) is 3.76. The molecule has 0 unspecified atom stereocenters. The first-order chi connectivity index (χ1) is 12.5. The fourth-order valence-electron chi connectivity index (χ4n) is 3.80. The lowest BCUT2D eigenvalue weighted by Crippen LogP contribution is -2.19. The topological polar surface area (TPSA) is 48.1 Å². The molecule has 0 saturated carbocycles. The Balaban J connectivity index is 1.55. The van der Waals surface area contributed by atoms with E-state index in [1.165, 1.54) is 23.4 Å². The molecule has 2 N–H and O–H groups in total. The molecule has 26 heavy (non-hydrogen) atoms. The summed E-state index contributed by atoms with van der Waals surface area (Å²) in [6.45, 7) is 6.04. The summed E-state index contributed by atoms with van der Waals surface area (Å²) in [6.07, 6.45) is 1.27. The Morgan fingerprint density at radius 2 is 2.12 bits per heavy atom. The van der Waals surface area contributed by atoms with Crippen molar-refractivity contribution < 1.29 is 9.18 Å². The molecule has 1 aromatic heterocycles. The van der Waals surface area contributed by atoms with Gasteiger partial charge in [0.05, 0.1) is 6.42 Å². The van der Waals surface area contributed by atoms with E-state index in [2.05, 4.69) is 28.2 Å². The number of likely N-dealkylation sites (N-methyl/N-ethyl adjacent to an activating group) is 1. The number of carbonyl (C=O) groups excluding carboxylic acids is 1. The Hall–Kier alpha value is -2.82. The van der Waals surface area contributed by atoms with Crippen molar-refractivity contribution in [2.45, 2.75) is 26.7 Å². The fourth-order valence-corrected chi connectivity index (χ4v) is 3.80. The van der Waals surface area contributed by atoms with Gasteiger partial charge in [0.1, 0.15) is 5.82 Å². The van der Waals surface area contributed by atoms with Gasteiger partial charge in [-0.2, -0.15) is 0 Å². The minimum atomic E-state index is -0.295. The van der Waals surface area contributed by atoms with E-state index < -0.39 is 0 Å². The third kappa shape index (κ3) is 2.94. The second-order valence-electron chi connectivity index (χ2n) is 6.82. The van der Waals surface area contributed by atoms with Gasteiger partial charge in [-0.15, -0.1) is 0 Å². The minimum absolute atomic E-state index is 0.0979. The number of fused-ring (bicyclic) bond motifs is 2. The van der Waals surface area contributed by atoms with E-state index >= 15 is 0 Å². The molecule has 5 heteroatoms. The number of carbonyl (C=O) groups is 1. The maximum Gasteiger partial charge on any atom is 0.228 e. The van der Waals surface area contributed by atoms with E-state index in [9.17, 15) is 9.18 Å². The maximum absolute atomic E-state index is 13.6. The lowest BCUT2D eigenvalue weighted by atomic mass is 10.1. The van der Waals surface area contributed by atoms with E-state index in [0.29, 0.717) is 0 Å². The first kappa shape index (κ1) is 16.6. The molecule has 0 atom stereocenters. The molecule has 1 aliphatic rings. The molecule has 4 rings (SSSR count). The number of aryl methyl sites for hydroxylation is 1. The third-order valence-electron chi connectivity index (χ3n) is 5.16. The largest absolute Gasteiger partial charge is 0.371 e. The average Bonchev–Trinajstić information content (AvgIpc) is 3.16. The normalized spacial score (nSPS) is 13.3. The predicted octanol–water partition coefficient (Wildman–Crippen LogP) is 4.18. The Bertz CT molecular complexity index is 992. The van der Waals surface area contributed by atoms with Crippen molar-refractivity contribution in [2.75, 3.05) is 23.3 Å². The van der Waals surface area contributed by atoms with Crippen molar-refractivity contribution in [1.82, 2.24) is 4.98 Å². The van der Waals surface area contributed by atoms with Crippen LogP contribution in [0.25, 0.3) is 10.9 Å². The highest BCUT2D eigenvalue weighted by Crippen LogP contribution is 2.31. The van der Waals surface area contributed by atoms with Gasteiger partial charge in [-0.05, 0) is 61.7 Å². The molecule has 0 bridgehead atoms. The van der Waals surface area contributed by atoms with Crippen molar-refractivity contribution in [3.05, 3.63) is 59.0 Å². The van der Waals surface area contributed by atoms with E-state index in [1.54, 1.807) is 6.07 Å². The number of amides is 1. The van der Waals surface area contributed by atoms with Gasteiger partial charge in [0.15, 0.2) is 0 Å². The predicted molar refractivity (Wildman–Crippen MR) is 103 cm³/mol. The number of nitrogens with one attached hydrogen (secondary N) is 2. The van der Waals surface area contributed by atoms with Crippen LogP contribution in [0.1, 0.15) is 23.7 Å². The summed E-state index contributed by atoms with van der Waals surface area (Å²) in [6, 6.07) is 10.7. The zero-order valence-corrected chi connectivity index (χ0v) is 15.0. The number of halogens is 1. The van der Waals surface area contributed by atoms with Gasteiger partial charge < -0.3 is 15.2 Å². The van der Waals surface area contributed by atoms with Crippen molar-refractivity contribution in [1.29, 1.82) is 0 Å². The average molecular weight is 351 g/mol. The van der Waals surface area contributed by atoms with Crippen LogP contribution in [0, 0.1) is 12.7 Å². The van der Waals surface area contributed by atoms with Gasteiger partial charge in [0, 0.05) is 41.1 Å². The zero-order chi connectivity index (χ0) is 18.3. The highest BCUT2D eigenvalue weighted by Gasteiger charge is 2.19. The first-order valence-electron chi connectivity index (χ1n) is 8.99. The molecule has 4 nitrogen and oxygen atoms in total. The lowest BCUT2D eigenvalue weighted by Gasteiger charge is -2.17. The summed E-state index contributed by atoms with van der Waals surface area (Å²) < 4.78 is 13.6. The van der Waals surface area contributed by atoms with Crippen LogP contribution < -0.4 is 10.2 Å². The van der Waals surface area contributed by atoms with Gasteiger partial charge >= 0.3 is 0 Å². The molecule has 1 aliphatic heterocycles. The van der Waals surface area contributed by atoms with Crippen molar-refractivity contribution in [3.63, 3.8) is 0 Å². The van der Waals surface area contributed by atoms with Crippen molar-refractivity contribution >= 4 is 28.2 Å². The van der Waals surface area contributed by atoms with Crippen molar-refractivity contribution in [3.8, 4) is 0 Å². The minimum Gasteiger partial charge on any atom is -0.371 e. The molecule has 0 radical (unpaired) electrons. The number of rotatable bonds is 4. The van der Waals surface area contributed by atoms with Gasteiger partial charge in [0.25, 0.3) is 0 Å². The van der Waals surface area contributed by atoms with Crippen LogP contribution in [-0.4, -0.2) is 24.0 Å². The van der Waals surface area contributed by atoms with E-state index in [1.807, 2.05) is 19.1 Å². The zero-order valence-electron chi connectivity index (χ0n) is 15.0. The van der Waals surface area contributed by atoms with Crippen LogP contribution in [0.5, 0.6) is 0 Å². The standard InChI is InChI=1S/C21H22FN3O/c1-3-25-9-8-14-4-6-16(11-20(14)25)24-21(26)12-17-13(2)23-19-7-5-15(22)10-18(17)19/h4-7,10-11,23H,3,8-9,12H2,1-2H3,(H,24,26). The molecule has 134 valence electrons. The summed E-state index contributed by atoms with van der Waals surface area (Å²) in [5.41, 5.74) is 5.92. The molecule has 3 aromatic rings. The molecule has 0 fully saturated rings. The second kappa shape index (κ2) is 6.48. The van der Waals surface area contributed by atoms with Gasteiger partial charge in [-0.25, -0.2) is 4.39 Å². The van der Waals surface area contributed by atoms with Crippen molar-refractivity contribution in [2.24, 2.45) is 0 Å². The molecule has 2 heterocycles. The van der Waals surface area contributed by atoms with Crippen LogP contribution in [0.4, 0.5) is 15.8 Å². The first-order valence-corrected chi connectivity index (χ1v) is 8.99. The summed E-state index contributed by atoms with van der Waals surface area (Å²) >= 11 is 0. The summed E-state index contributed by atoms with van der Waals surface area (Å²) in [4.78, 5) is 18.1. The number of benzene rings is 2. The summed E-state index contributed by atoms with van der Waals surface area (Å²) in [7, 11) is 0. The third-order valence-corrected chi connectivity index (χ3v) is 5.16. The number of hydrogen-bond acceptors (Lipinski definition) is 2. The smallest absolute Gasteiger partial charge is 0.228 e. The van der Waals surface area contributed by atoms with E-state index in [0.717, 1.165) is 47.4 Å². The lowest BCUT2D eigenvalue weighted by molar-refractivity contribution is -0.115. The molecule has 0 aliphatic carbocycles. The van der Waals surface area contributed by atoms with Crippen LogP contribution in [0.3, 0.4) is 0 Å². The Morgan fingerprint density at radius 3 is 2.92 bits per heavy atom. The number of nitrogens with zero attached hydrogens (tertiary/aromatic N) is 1. The quantitative estimate of drug-likeness (QED) is 0.741. The molecule has 1 amide bonds. The Morgan fingerprint density at radius 1 is 1.27 bits per heavy atom. The molecular formula is C21H22FN3O. The van der Waals surface area contributed by atoms with Crippen LogP contribution >= 0.6 is 0 Å². The van der Waals surface area contributed by atoms with Gasteiger partial charge in [-0.1, -0.05) is 6.07 Å². The van der Waals surface area contributed by atoms with Gasteiger partial charge in [-0.3, -0.25) is 4.79 Å². The maximum atomic E-state index is 13.6. The number of aromatic nitrogens is 1. The number of aromatic amines is 1. The highest BCUT2D eigenvalue weighted by molar-refractivity contribution is 5.96. The molecule has 0 saturated heterocycles. The Kier molecular flexibility index (Phi) is 4.15. The van der Waals surface area contributed by atoms with Crippen LogP contribution in [0.2, 0.25) is 0 Å².